The van der Waals surface area contributed by atoms with Gasteiger partial charge in [0.2, 0.25) is 0 Å². The van der Waals surface area contributed by atoms with Crippen molar-refractivity contribution in [2.45, 2.75) is 12.8 Å². The van der Waals surface area contributed by atoms with Crippen LogP contribution in [0.4, 0.5) is 17.1 Å². The highest BCUT2D eigenvalue weighted by Crippen LogP contribution is 2.46. The number of hydrogen-bond acceptors (Lipinski definition) is 1. The van der Waals surface area contributed by atoms with Crippen LogP contribution in [0.2, 0.25) is 0 Å². The van der Waals surface area contributed by atoms with E-state index in [0.717, 1.165) is 29.9 Å². The molecule has 2 aliphatic rings. The standard InChI is InChI=1S/C58H41N/c1-3-13-40(14-4-1)23-24-41-25-30-51(31-26-41)59(50-19-5-2-6-20-50)52-32-27-42(28-33-52)47-29-34-55-56(39-47)58(49-37-45-17-9-10-18-46(45)38-49)54-22-12-11-21-53(54)57(55)48-35-43-15-7-8-16-44(43)36-48/h1-35,37,39H,36,38H2. The van der Waals surface area contributed by atoms with Gasteiger partial charge in [-0.25, -0.2) is 0 Å². The normalized spacial score (nSPS) is 13.1. The number of nitrogens with zero attached hydrogens (tertiary/aromatic N) is 1. The summed E-state index contributed by atoms with van der Waals surface area (Å²) in [6.45, 7) is 0. The fourth-order valence-corrected chi connectivity index (χ4v) is 9.25. The first kappa shape index (κ1) is 34.7. The van der Waals surface area contributed by atoms with Crippen LogP contribution in [-0.4, -0.2) is 0 Å². The molecule has 0 spiro atoms. The topological polar surface area (TPSA) is 3.24 Å². The number of allylic oxidation sites excluding steroid dienone is 2. The van der Waals surface area contributed by atoms with Crippen molar-refractivity contribution >= 4 is 74.1 Å². The highest BCUT2D eigenvalue weighted by molar-refractivity contribution is 6.20. The van der Waals surface area contributed by atoms with Crippen LogP contribution in [0.15, 0.2) is 200 Å². The van der Waals surface area contributed by atoms with Gasteiger partial charge < -0.3 is 4.90 Å². The summed E-state index contributed by atoms with van der Waals surface area (Å²) in [5, 5.41) is 5.26. The van der Waals surface area contributed by atoms with Crippen LogP contribution >= 0.6 is 0 Å². The van der Waals surface area contributed by atoms with E-state index in [-0.39, 0.29) is 0 Å². The van der Waals surface area contributed by atoms with Gasteiger partial charge in [0.1, 0.15) is 0 Å². The molecule has 0 atom stereocenters. The third kappa shape index (κ3) is 6.48. The van der Waals surface area contributed by atoms with E-state index in [9.17, 15) is 0 Å². The lowest BCUT2D eigenvalue weighted by Gasteiger charge is -2.26. The highest BCUT2D eigenvalue weighted by atomic mass is 15.1. The summed E-state index contributed by atoms with van der Waals surface area (Å²) in [5.74, 6) is 0. The molecule has 59 heavy (non-hydrogen) atoms. The Bertz CT molecular complexity index is 3110. The van der Waals surface area contributed by atoms with Gasteiger partial charge in [0, 0.05) is 17.1 Å². The lowest BCUT2D eigenvalue weighted by Crippen LogP contribution is -2.09. The molecule has 0 unspecified atom stereocenters. The molecule has 0 amide bonds. The molecule has 0 bridgehead atoms. The number of rotatable bonds is 8. The van der Waals surface area contributed by atoms with Crippen LogP contribution in [0.3, 0.4) is 0 Å². The molecule has 2 aliphatic carbocycles. The maximum atomic E-state index is 2.46. The summed E-state index contributed by atoms with van der Waals surface area (Å²) in [7, 11) is 0. The quantitative estimate of drug-likeness (QED) is 0.110. The number of fused-ring (bicyclic) bond motifs is 4. The summed E-state index contributed by atoms with van der Waals surface area (Å²) >= 11 is 0. The van der Waals surface area contributed by atoms with Crippen LogP contribution in [0.25, 0.3) is 68.1 Å². The van der Waals surface area contributed by atoms with Gasteiger partial charge in [0.05, 0.1) is 0 Å². The molecule has 0 aromatic heterocycles. The van der Waals surface area contributed by atoms with E-state index in [1.807, 2.05) is 0 Å². The maximum Gasteiger partial charge on any atom is 0.0462 e. The molecule has 11 rings (SSSR count). The zero-order chi connectivity index (χ0) is 39.1. The largest absolute Gasteiger partial charge is 0.311 e. The molecule has 9 aromatic carbocycles. The SMILES string of the molecule is C(=Cc1ccc(N(c2ccccc2)c2ccc(-c3ccc4c(C5=Cc6ccccc6C5)c5ccccc5c(C5=Cc6ccccc6C5)c4c3)cc2)cc1)c1ccccc1. The molecule has 0 radical (unpaired) electrons. The molecule has 0 N–H and O–H groups in total. The average Bonchev–Trinajstić information content (AvgIpc) is 3.93. The Kier molecular flexibility index (Phi) is 8.71. The molecule has 1 heteroatoms. The second kappa shape index (κ2) is 14.8. The predicted molar refractivity (Wildman–Crippen MR) is 253 cm³/mol. The van der Waals surface area contributed by atoms with Gasteiger partial charge in [-0.2, -0.15) is 0 Å². The van der Waals surface area contributed by atoms with E-state index in [0.29, 0.717) is 0 Å². The van der Waals surface area contributed by atoms with Crippen LogP contribution in [0.1, 0.15) is 44.5 Å². The lowest BCUT2D eigenvalue weighted by atomic mass is 9.84. The summed E-state index contributed by atoms with van der Waals surface area (Å²) < 4.78 is 0. The molecular weight excluding hydrogens is 711 g/mol. The monoisotopic (exact) mass is 751 g/mol. The van der Waals surface area contributed by atoms with Gasteiger partial charge in [-0.1, -0.05) is 182 Å². The molecule has 278 valence electrons. The van der Waals surface area contributed by atoms with Crippen molar-refractivity contribution in [3.05, 3.63) is 245 Å². The molecular formula is C58H41N. The Hall–Kier alpha value is -7.48. The minimum Gasteiger partial charge on any atom is -0.311 e. The molecule has 0 saturated carbocycles. The van der Waals surface area contributed by atoms with E-state index in [4.69, 9.17) is 0 Å². The summed E-state index contributed by atoms with van der Waals surface area (Å²) in [4.78, 5) is 2.34. The Morgan fingerprint density at radius 3 is 1.37 bits per heavy atom. The highest BCUT2D eigenvalue weighted by Gasteiger charge is 2.24. The van der Waals surface area contributed by atoms with Crippen LogP contribution in [0, 0.1) is 0 Å². The Labute approximate surface area is 346 Å². The van der Waals surface area contributed by atoms with Crippen molar-refractivity contribution in [1.82, 2.24) is 0 Å². The van der Waals surface area contributed by atoms with Crippen molar-refractivity contribution in [2.75, 3.05) is 4.90 Å². The van der Waals surface area contributed by atoms with Crippen LogP contribution < -0.4 is 4.90 Å². The van der Waals surface area contributed by atoms with Gasteiger partial charge in [0.15, 0.2) is 0 Å². The molecule has 9 aromatic rings. The Morgan fingerprint density at radius 1 is 0.339 bits per heavy atom. The number of benzene rings is 9. The minimum absolute atomic E-state index is 0.932. The van der Waals surface area contributed by atoms with Gasteiger partial charge in [-0.15, -0.1) is 0 Å². The van der Waals surface area contributed by atoms with E-state index in [1.54, 1.807) is 0 Å². The van der Waals surface area contributed by atoms with E-state index < -0.39 is 0 Å². The summed E-state index contributed by atoms with van der Waals surface area (Å²) in [6, 6.07) is 73.0. The third-order valence-corrected chi connectivity index (χ3v) is 12.1. The van der Waals surface area contributed by atoms with Crippen molar-refractivity contribution in [2.24, 2.45) is 0 Å². The van der Waals surface area contributed by atoms with E-state index >= 15 is 0 Å². The Morgan fingerprint density at radius 2 is 0.780 bits per heavy atom. The number of para-hydroxylation sites is 1. The van der Waals surface area contributed by atoms with Crippen molar-refractivity contribution in [3.63, 3.8) is 0 Å². The lowest BCUT2D eigenvalue weighted by molar-refractivity contribution is 1.28. The van der Waals surface area contributed by atoms with E-state index in [1.165, 1.54) is 88.3 Å². The maximum absolute atomic E-state index is 2.46. The fraction of sp³-hybridized carbons (Fsp3) is 0.0345. The smallest absolute Gasteiger partial charge is 0.0462 e. The molecule has 0 saturated heterocycles. The predicted octanol–water partition coefficient (Wildman–Crippen LogP) is 15.5. The minimum atomic E-state index is 0.932. The molecule has 0 aliphatic heterocycles. The van der Waals surface area contributed by atoms with Gasteiger partial charge in [-0.05, 0) is 144 Å². The summed E-state index contributed by atoms with van der Waals surface area (Å²) in [6.07, 6.45) is 11.1. The zero-order valence-electron chi connectivity index (χ0n) is 32.7. The van der Waals surface area contributed by atoms with Gasteiger partial charge >= 0.3 is 0 Å². The number of hydrogen-bond donors (Lipinski definition) is 0. The third-order valence-electron chi connectivity index (χ3n) is 12.1. The molecule has 0 heterocycles. The second-order valence-electron chi connectivity index (χ2n) is 15.7. The molecule has 0 fully saturated rings. The van der Waals surface area contributed by atoms with Gasteiger partial charge in [-0.3, -0.25) is 0 Å². The van der Waals surface area contributed by atoms with Crippen molar-refractivity contribution < 1.29 is 0 Å². The van der Waals surface area contributed by atoms with Crippen molar-refractivity contribution in [1.29, 1.82) is 0 Å². The van der Waals surface area contributed by atoms with Gasteiger partial charge in [0.25, 0.3) is 0 Å². The molecule has 1 nitrogen and oxygen atoms in total. The first-order valence-corrected chi connectivity index (χ1v) is 20.6. The van der Waals surface area contributed by atoms with Crippen LogP contribution in [-0.2, 0) is 12.8 Å². The average molecular weight is 752 g/mol. The van der Waals surface area contributed by atoms with Crippen molar-refractivity contribution in [3.8, 4) is 11.1 Å². The first-order chi connectivity index (χ1) is 29.2. The fourth-order valence-electron chi connectivity index (χ4n) is 9.25. The second-order valence-corrected chi connectivity index (χ2v) is 15.7. The summed E-state index contributed by atoms with van der Waals surface area (Å²) in [5.41, 5.74) is 19.0. The Balaban J connectivity index is 1.01. The van der Waals surface area contributed by atoms with E-state index in [2.05, 4.69) is 229 Å². The number of anilines is 3. The zero-order valence-corrected chi connectivity index (χ0v) is 32.7. The first-order valence-electron chi connectivity index (χ1n) is 20.6. The van der Waals surface area contributed by atoms with Crippen LogP contribution in [0.5, 0.6) is 0 Å².